The van der Waals surface area contributed by atoms with E-state index in [1.165, 1.54) is 12.3 Å². The Balaban J connectivity index is 1.76. The van der Waals surface area contributed by atoms with E-state index in [2.05, 4.69) is 25.9 Å². The maximum atomic E-state index is 14.1. The molecule has 5 aromatic rings. The zero-order valence-electron chi connectivity index (χ0n) is 21.5. The fourth-order valence-corrected chi connectivity index (χ4v) is 6.23. The van der Waals surface area contributed by atoms with Crippen LogP contribution in [0.2, 0.25) is 0 Å². The molecular weight excluding hydrogens is 517 g/mol. The van der Waals surface area contributed by atoms with E-state index in [0.717, 1.165) is 43.1 Å². The number of piperidine rings is 1. The Morgan fingerprint density at radius 3 is 2.56 bits per heavy atom. The van der Waals surface area contributed by atoms with Crippen LogP contribution in [0.15, 0.2) is 58.5 Å². The third kappa shape index (κ3) is 4.18. The summed E-state index contributed by atoms with van der Waals surface area (Å²) in [4.78, 5) is 21.0. The highest BCUT2D eigenvalue weighted by molar-refractivity contribution is 7.86. The van der Waals surface area contributed by atoms with Gasteiger partial charge in [0.2, 0.25) is 0 Å². The van der Waals surface area contributed by atoms with Crippen LogP contribution in [-0.2, 0) is 10.2 Å². The summed E-state index contributed by atoms with van der Waals surface area (Å²) in [7, 11) is -4.94. The number of hydrogen-bond acceptors (Lipinski definition) is 6. The van der Waals surface area contributed by atoms with Crippen molar-refractivity contribution in [3.8, 4) is 17.2 Å². The molecule has 10 heteroatoms. The summed E-state index contributed by atoms with van der Waals surface area (Å²) in [5.74, 6) is -0.0152. The molecule has 0 amide bonds. The number of nitriles is 1. The minimum atomic E-state index is -4.94. The van der Waals surface area contributed by atoms with Crippen molar-refractivity contribution in [3.63, 3.8) is 0 Å². The largest absolute Gasteiger partial charge is 0.340 e. The molecule has 1 aliphatic heterocycles. The molecule has 1 fully saturated rings. The zero-order valence-corrected chi connectivity index (χ0v) is 22.3. The molecule has 2 aromatic carbocycles. The highest BCUT2D eigenvalue weighted by Crippen LogP contribution is 2.37. The van der Waals surface area contributed by atoms with E-state index in [1.54, 1.807) is 12.1 Å². The lowest BCUT2D eigenvalue weighted by molar-refractivity contribution is 0.381. The lowest BCUT2D eigenvalue weighted by atomic mass is 9.90. The van der Waals surface area contributed by atoms with E-state index in [4.69, 9.17) is 0 Å². The summed E-state index contributed by atoms with van der Waals surface area (Å²) >= 11 is 0. The number of rotatable bonds is 4. The molecule has 2 N–H and O–H groups in total. The lowest BCUT2D eigenvalue weighted by Crippen LogP contribution is -2.30. The molecule has 0 bridgehead atoms. The Labute approximate surface area is 224 Å². The van der Waals surface area contributed by atoms with Gasteiger partial charge in [-0.3, -0.25) is 9.78 Å². The minimum Gasteiger partial charge on any atom is -0.340 e. The Bertz CT molecular complexity index is 2000. The highest BCUT2D eigenvalue weighted by atomic mass is 32.3. The molecule has 0 aliphatic carbocycles. The van der Waals surface area contributed by atoms with Crippen molar-refractivity contribution in [2.75, 3.05) is 13.1 Å². The second-order valence-corrected chi connectivity index (χ2v) is 11.7. The van der Waals surface area contributed by atoms with E-state index in [9.17, 15) is 22.4 Å². The standard InChI is InChI=1S/C29H26FN5O3S/c1-16(2)22-11-24-26(12-23(22)18-10-20(15-33-14-18)39(30,37)38)35(19-5-7-32-8-6-19)29-27(28(24)36)21-4-3-17(13-31)9-25(21)34-29/h3-4,9-12,14-16,19,32,34H,5-8H2,1-2H3. The number of fused-ring (bicyclic) bond motifs is 4. The Kier molecular flexibility index (Phi) is 6.01. The van der Waals surface area contributed by atoms with Crippen molar-refractivity contribution >= 4 is 43.1 Å². The van der Waals surface area contributed by atoms with Crippen molar-refractivity contribution in [2.45, 2.75) is 43.5 Å². The lowest BCUT2D eigenvalue weighted by Gasteiger charge is -2.28. The molecule has 198 valence electrons. The Hall–Kier alpha value is -4.07. The molecule has 1 saturated heterocycles. The van der Waals surface area contributed by atoms with Crippen molar-refractivity contribution in [2.24, 2.45) is 0 Å². The molecule has 8 nitrogen and oxygen atoms in total. The second kappa shape index (κ2) is 9.29. The number of aromatic amines is 1. The monoisotopic (exact) mass is 543 g/mol. The molecule has 3 aromatic heterocycles. The van der Waals surface area contributed by atoms with Crippen LogP contribution < -0.4 is 10.7 Å². The van der Waals surface area contributed by atoms with E-state index >= 15 is 0 Å². The maximum absolute atomic E-state index is 14.1. The predicted molar refractivity (Wildman–Crippen MR) is 149 cm³/mol. The van der Waals surface area contributed by atoms with Gasteiger partial charge in [-0.2, -0.15) is 13.7 Å². The van der Waals surface area contributed by atoms with E-state index in [0.29, 0.717) is 44.1 Å². The number of nitrogens with zero attached hydrogens (tertiary/aromatic N) is 3. The van der Waals surface area contributed by atoms with Crippen molar-refractivity contribution in [1.82, 2.24) is 19.9 Å². The van der Waals surface area contributed by atoms with Crippen LogP contribution in [0.25, 0.3) is 44.0 Å². The first-order valence-electron chi connectivity index (χ1n) is 12.9. The fraction of sp³-hybridized carbons (Fsp3) is 0.276. The van der Waals surface area contributed by atoms with Gasteiger partial charge in [-0.1, -0.05) is 19.9 Å². The van der Waals surface area contributed by atoms with Crippen LogP contribution in [0.3, 0.4) is 0 Å². The average Bonchev–Trinajstić information content (AvgIpc) is 3.31. The van der Waals surface area contributed by atoms with Crippen molar-refractivity contribution in [3.05, 3.63) is 70.1 Å². The zero-order chi connectivity index (χ0) is 27.5. The summed E-state index contributed by atoms with van der Waals surface area (Å²) in [6, 6.07) is 12.6. The minimum absolute atomic E-state index is 0.0152. The number of benzene rings is 2. The van der Waals surface area contributed by atoms with Crippen LogP contribution in [0.4, 0.5) is 3.89 Å². The van der Waals surface area contributed by atoms with Crippen LogP contribution in [0, 0.1) is 11.3 Å². The molecule has 39 heavy (non-hydrogen) atoms. The first-order valence-corrected chi connectivity index (χ1v) is 14.2. The first-order chi connectivity index (χ1) is 18.7. The van der Waals surface area contributed by atoms with Gasteiger partial charge in [-0.25, -0.2) is 0 Å². The predicted octanol–water partition coefficient (Wildman–Crippen LogP) is 5.28. The smallest absolute Gasteiger partial charge is 0.333 e. The van der Waals surface area contributed by atoms with Gasteiger partial charge in [0.1, 0.15) is 10.5 Å². The van der Waals surface area contributed by atoms with Crippen LogP contribution in [0.1, 0.15) is 49.8 Å². The SMILES string of the molecule is CC(C)c1cc2c(=O)c3c4ccc(C#N)cc4[nH]c3n(C3CCNCC3)c2cc1-c1cncc(S(=O)(=O)F)c1. The average molecular weight is 544 g/mol. The first kappa shape index (κ1) is 25.2. The number of halogens is 1. The van der Waals surface area contributed by atoms with Gasteiger partial charge in [0.25, 0.3) is 0 Å². The van der Waals surface area contributed by atoms with Crippen LogP contribution in [-0.4, -0.2) is 36.0 Å². The molecular formula is C29H26FN5O3S. The number of nitrogens with one attached hydrogen (secondary N) is 2. The van der Waals surface area contributed by atoms with Crippen molar-refractivity contribution < 1.29 is 12.3 Å². The van der Waals surface area contributed by atoms with Crippen LogP contribution in [0.5, 0.6) is 0 Å². The third-order valence-electron chi connectivity index (χ3n) is 7.65. The quantitative estimate of drug-likeness (QED) is 0.298. The summed E-state index contributed by atoms with van der Waals surface area (Å²) in [5, 5.41) is 14.7. The summed E-state index contributed by atoms with van der Waals surface area (Å²) < 4.78 is 39.3. The summed E-state index contributed by atoms with van der Waals surface area (Å²) in [6.07, 6.45) is 4.21. The van der Waals surface area contributed by atoms with E-state index in [-0.39, 0.29) is 17.4 Å². The van der Waals surface area contributed by atoms with Gasteiger partial charge in [0, 0.05) is 40.3 Å². The summed E-state index contributed by atoms with van der Waals surface area (Å²) in [6.45, 7) is 5.64. The van der Waals surface area contributed by atoms with Gasteiger partial charge in [0.15, 0.2) is 5.43 Å². The molecule has 0 saturated carbocycles. The van der Waals surface area contributed by atoms with Gasteiger partial charge in [0.05, 0.1) is 22.5 Å². The molecule has 0 spiro atoms. The van der Waals surface area contributed by atoms with E-state index < -0.39 is 15.1 Å². The maximum Gasteiger partial charge on any atom is 0.333 e. The Morgan fingerprint density at radius 1 is 1.10 bits per heavy atom. The number of H-pyrrole nitrogens is 1. The fourth-order valence-electron chi connectivity index (χ4n) is 5.78. The topological polar surface area (TPSA) is 121 Å². The molecule has 6 rings (SSSR count). The number of pyridine rings is 2. The third-order valence-corrected chi connectivity index (χ3v) is 8.44. The van der Waals surface area contributed by atoms with Crippen LogP contribution >= 0.6 is 0 Å². The van der Waals surface area contributed by atoms with Crippen molar-refractivity contribution in [1.29, 1.82) is 5.26 Å². The van der Waals surface area contributed by atoms with Gasteiger partial charge >= 0.3 is 10.2 Å². The molecule has 0 radical (unpaired) electrons. The van der Waals surface area contributed by atoms with Gasteiger partial charge < -0.3 is 14.9 Å². The summed E-state index contributed by atoms with van der Waals surface area (Å²) in [5.41, 5.74) is 4.47. The number of hydrogen-bond donors (Lipinski definition) is 2. The second-order valence-electron chi connectivity index (χ2n) is 10.4. The normalized spacial score (nSPS) is 14.9. The molecule has 0 atom stereocenters. The molecule has 1 aliphatic rings. The van der Waals surface area contributed by atoms with Gasteiger partial charge in [-0.15, -0.1) is 3.89 Å². The number of aromatic nitrogens is 3. The molecule has 4 heterocycles. The van der Waals surface area contributed by atoms with Gasteiger partial charge in [-0.05, 0) is 73.3 Å². The molecule has 0 unspecified atom stereocenters. The Morgan fingerprint density at radius 2 is 1.87 bits per heavy atom. The highest BCUT2D eigenvalue weighted by Gasteiger charge is 2.25. The van der Waals surface area contributed by atoms with E-state index in [1.807, 2.05) is 32.0 Å².